The number of benzene rings is 1. The highest BCUT2D eigenvalue weighted by molar-refractivity contribution is 6.30. The highest BCUT2D eigenvalue weighted by Gasteiger charge is 2.20. The first-order valence-corrected chi connectivity index (χ1v) is 11.8. The lowest BCUT2D eigenvalue weighted by molar-refractivity contribution is 0.0944. The number of carbonyl (C=O) groups is 1. The van der Waals surface area contributed by atoms with E-state index in [9.17, 15) is 4.79 Å². The smallest absolute Gasteiger partial charge is 0.270 e. The second-order valence-electron chi connectivity index (χ2n) is 8.24. The second-order valence-corrected chi connectivity index (χ2v) is 8.67. The van der Waals surface area contributed by atoms with Crippen molar-refractivity contribution < 1.29 is 4.79 Å². The molecule has 1 N–H and O–H groups in total. The van der Waals surface area contributed by atoms with Crippen LogP contribution in [0.2, 0.25) is 5.02 Å². The number of anilines is 2. The normalized spacial score (nSPS) is 13.9. The molecule has 1 aliphatic heterocycles. The van der Waals surface area contributed by atoms with E-state index in [2.05, 4.69) is 60.4 Å². The molecule has 1 amide bonds. The number of rotatable bonds is 6. The Morgan fingerprint density at radius 2 is 1.76 bits per heavy atom. The van der Waals surface area contributed by atoms with Gasteiger partial charge in [-0.3, -0.25) is 14.2 Å². The molecule has 34 heavy (non-hydrogen) atoms. The number of imidazole rings is 1. The van der Waals surface area contributed by atoms with Gasteiger partial charge in [0, 0.05) is 50.8 Å². The quantitative estimate of drug-likeness (QED) is 0.459. The number of nitrogens with one attached hydrogen (secondary N) is 1. The van der Waals surface area contributed by atoms with Crippen molar-refractivity contribution in [2.75, 3.05) is 36.0 Å². The molecule has 0 bridgehead atoms. The highest BCUT2D eigenvalue weighted by Crippen LogP contribution is 2.21. The van der Waals surface area contributed by atoms with Crippen molar-refractivity contribution in [2.24, 2.45) is 0 Å². The topological polar surface area (TPSA) is 78.7 Å². The van der Waals surface area contributed by atoms with Crippen molar-refractivity contribution >= 4 is 34.7 Å². The van der Waals surface area contributed by atoms with Gasteiger partial charge in [-0.1, -0.05) is 30.7 Å². The summed E-state index contributed by atoms with van der Waals surface area (Å²) in [4.78, 5) is 30.6. The number of hydrogen-bond acceptors (Lipinski definition) is 6. The van der Waals surface area contributed by atoms with Crippen LogP contribution in [-0.2, 0) is 13.0 Å². The first-order valence-electron chi connectivity index (χ1n) is 11.4. The molecule has 1 aromatic carbocycles. The molecule has 8 nitrogen and oxygen atoms in total. The molecule has 0 radical (unpaired) electrons. The van der Waals surface area contributed by atoms with E-state index in [1.807, 2.05) is 19.2 Å². The number of piperazine rings is 1. The molecular formula is C25H26ClN7O. The molecule has 1 saturated heterocycles. The average Bonchev–Trinajstić information content (AvgIpc) is 3.26. The fourth-order valence-corrected chi connectivity index (χ4v) is 4.44. The lowest BCUT2D eigenvalue weighted by Gasteiger charge is -2.37. The highest BCUT2D eigenvalue weighted by atomic mass is 35.5. The van der Waals surface area contributed by atoms with Gasteiger partial charge in [-0.15, -0.1) is 0 Å². The summed E-state index contributed by atoms with van der Waals surface area (Å²) in [5.41, 5.74) is 4.58. The van der Waals surface area contributed by atoms with Crippen LogP contribution in [0, 0.1) is 0 Å². The van der Waals surface area contributed by atoms with Crippen LogP contribution in [0.15, 0.2) is 61.2 Å². The molecule has 0 saturated carbocycles. The largest absolute Gasteiger partial charge is 0.368 e. The van der Waals surface area contributed by atoms with Gasteiger partial charge >= 0.3 is 0 Å². The van der Waals surface area contributed by atoms with Crippen LogP contribution in [0.4, 0.5) is 11.4 Å². The summed E-state index contributed by atoms with van der Waals surface area (Å²) >= 11 is 6.09. The molecule has 4 aromatic rings. The maximum atomic E-state index is 13.0. The number of aromatic nitrogens is 4. The monoisotopic (exact) mass is 475 g/mol. The Morgan fingerprint density at radius 1 is 1.03 bits per heavy atom. The molecule has 0 unspecified atom stereocenters. The van der Waals surface area contributed by atoms with Gasteiger partial charge in [0.2, 0.25) is 5.78 Å². The van der Waals surface area contributed by atoms with Crippen molar-refractivity contribution in [1.29, 1.82) is 0 Å². The van der Waals surface area contributed by atoms with E-state index < -0.39 is 0 Å². The van der Waals surface area contributed by atoms with Gasteiger partial charge in [0.15, 0.2) is 0 Å². The second kappa shape index (κ2) is 9.69. The van der Waals surface area contributed by atoms with Gasteiger partial charge < -0.3 is 15.1 Å². The van der Waals surface area contributed by atoms with Crippen LogP contribution >= 0.6 is 11.6 Å². The van der Waals surface area contributed by atoms with Gasteiger partial charge in [0.25, 0.3) is 5.91 Å². The third-order valence-electron chi connectivity index (χ3n) is 6.12. The number of hydrogen-bond donors (Lipinski definition) is 1. The SMILES string of the molecule is CCc1nc2ncc(Cl)cn2c1C(=O)NCc1ccc(N2CCN(c3cccnc3)CC2)cc1. The Hall–Kier alpha value is -3.65. The van der Waals surface area contributed by atoms with Crippen LogP contribution in [-0.4, -0.2) is 51.4 Å². The predicted molar refractivity (Wildman–Crippen MR) is 134 cm³/mol. The van der Waals surface area contributed by atoms with Gasteiger partial charge in [-0.2, -0.15) is 0 Å². The first kappa shape index (κ1) is 22.2. The lowest BCUT2D eigenvalue weighted by Crippen LogP contribution is -2.46. The lowest BCUT2D eigenvalue weighted by atomic mass is 10.1. The standard InChI is InChI=1S/C25H26ClN7O/c1-2-22-23(33-17-19(26)15-29-25(33)30-22)24(34)28-14-18-5-7-20(8-6-18)31-10-12-32(13-11-31)21-4-3-9-27-16-21/h3-9,15-17H,2,10-14H2,1H3,(H,28,34). The first-order chi connectivity index (χ1) is 16.6. The maximum Gasteiger partial charge on any atom is 0.270 e. The van der Waals surface area contributed by atoms with Gasteiger partial charge in [-0.05, 0) is 36.2 Å². The van der Waals surface area contributed by atoms with Crippen molar-refractivity contribution in [2.45, 2.75) is 19.9 Å². The Bertz CT molecular complexity index is 1280. The number of amides is 1. The zero-order chi connectivity index (χ0) is 23.5. The van der Waals surface area contributed by atoms with E-state index in [1.54, 1.807) is 16.8 Å². The molecule has 5 rings (SSSR count). The molecule has 0 atom stereocenters. The van der Waals surface area contributed by atoms with Crippen LogP contribution in [0.3, 0.4) is 0 Å². The third-order valence-corrected chi connectivity index (χ3v) is 6.31. The van der Waals surface area contributed by atoms with Crippen molar-refractivity contribution in [3.05, 3.63) is 83.2 Å². The van der Waals surface area contributed by atoms with Gasteiger partial charge in [-0.25, -0.2) is 9.97 Å². The molecule has 0 spiro atoms. The van der Waals surface area contributed by atoms with Gasteiger partial charge in [0.1, 0.15) is 5.69 Å². The Balaban J connectivity index is 1.21. The number of halogens is 1. The minimum absolute atomic E-state index is 0.191. The van der Waals surface area contributed by atoms with Crippen molar-refractivity contribution in [3.8, 4) is 0 Å². The molecular weight excluding hydrogens is 450 g/mol. The Kier molecular flexibility index (Phi) is 6.31. The van der Waals surface area contributed by atoms with E-state index in [1.165, 1.54) is 17.6 Å². The van der Waals surface area contributed by atoms with Crippen molar-refractivity contribution in [3.63, 3.8) is 0 Å². The molecule has 0 aliphatic carbocycles. The number of fused-ring (bicyclic) bond motifs is 1. The Labute approximate surface area is 203 Å². The van der Waals surface area contributed by atoms with E-state index in [0.717, 1.165) is 31.7 Å². The summed E-state index contributed by atoms with van der Waals surface area (Å²) in [6, 6.07) is 12.5. The minimum Gasteiger partial charge on any atom is -0.368 e. The van der Waals surface area contributed by atoms with Crippen molar-refractivity contribution in [1.82, 2.24) is 24.7 Å². The molecule has 3 aromatic heterocycles. The summed E-state index contributed by atoms with van der Waals surface area (Å²) in [5.74, 6) is 0.281. The zero-order valence-electron chi connectivity index (χ0n) is 19.0. The molecule has 4 heterocycles. The average molecular weight is 476 g/mol. The van der Waals surface area contributed by atoms with Crippen LogP contribution in [0.5, 0.6) is 0 Å². The van der Waals surface area contributed by atoms with E-state index in [-0.39, 0.29) is 5.91 Å². The zero-order valence-corrected chi connectivity index (χ0v) is 19.7. The van der Waals surface area contributed by atoms with E-state index >= 15 is 0 Å². The maximum absolute atomic E-state index is 13.0. The summed E-state index contributed by atoms with van der Waals surface area (Å²) in [6.45, 7) is 6.22. The minimum atomic E-state index is -0.191. The molecule has 1 aliphatic rings. The van der Waals surface area contributed by atoms with Gasteiger partial charge in [0.05, 0.1) is 28.8 Å². The summed E-state index contributed by atoms with van der Waals surface area (Å²) in [7, 11) is 0. The van der Waals surface area contributed by atoms with E-state index in [0.29, 0.717) is 35.2 Å². The molecule has 9 heteroatoms. The number of aryl methyl sites for hydroxylation is 1. The van der Waals surface area contributed by atoms with E-state index in [4.69, 9.17) is 11.6 Å². The third kappa shape index (κ3) is 4.54. The fraction of sp³-hybridized carbons (Fsp3) is 0.280. The van der Waals surface area contributed by atoms with Crippen LogP contribution in [0.25, 0.3) is 5.78 Å². The van der Waals surface area contributed by atoms with Crippen LogP contribution in [0.1, 0.15) is 28.7 Å². The summed E-state index contributed by atoms with van der Waals surface area (Å²) in [6.07, 6.45) is 7.56. The number of carbonyl (C=O) groups excluding carboxylic acids is 1. The Morgan fingerprint density at radius 3 is 2.44 bits per heavy atom. The predicted octanol–water partition coefficient (Wildman–Crippen LogP) is 3.60. The number of nitrogens with zero attached hydrogens (tertiary/aromatic N) is 6. The molecule has 1 fully saturated rings. The number of pyridine rings is 1. The van der Waals surface area contributed by atoms with Crippen LogP contribution < -0.4 is 15.1 Å². The molecule has 174 valence electrons. The fourth-order valence-electron chi connectivity index (χ4n) is 4.30. The summed E-state index contributed by atoms with van der Waals surface area (Å²) < 4.78 is 1.66. The summed E-state index contributed by atoms with van der Waals surface area (Å²) in [5, 5.41) is 3.47.